The summed E-state index contributed by atoms with van der Waals surface area (Å²) in [4.78, 5) is 19.7. The molecule has 0 aromatic carbocycles. The Morgan fingerprint density at radius 1 is 1.27 bits per heavy atom. The van der Waals surface area contributed by atoms with Crippen LogP contribution in [0.3, 0.4) is 0 Å². The summed E-state index contributed by atoms with van der Waals surface area (Å²) >= 11 is 0. The summed E-state index contributed by atoms with van der Waals surface area (Å²) in [6, 6.07) is 0. The van der Waals surface area contributed by atoms with Gasteiger partial charge in [0, 0.05) is 5.57 Å². The molecule has 0 saturated carbocycles. The summed E-state index contributed by atoms with van der Waals surface area (Å²) in [5.41, 5.74) is -0.303. The monoisotopic (exact) mass is 178 g/mol. The molecule has 0 heterocycles. The fourth-order valence-corrected chi connectivity index (χ4v) is 0.258. The molecule has 0 aromatic heterocycles. The van der Waals surface area contributed by atoms with E-state index in [-0.39, 0.29) is 67.5 Å². The van der Waals surface area contributed by atoms with Gasteiger partial charge in [-0.3, -0.25) is 4.79 Å². The van der Waals surface area contributed by atoms with Gasteiger partial charge in [-0.2, -0.15) is 0 Å². The van der Waals surface area contributed by atoms with E-state index < -0.39 is 18.4 Å². The van der Waals surface area contributed by atoms with Gasteiger partial charge in [0.2, 0.25) is 0 Å². The molecule has 54 valence electrons. The Labute approximate surface area is 111 Å². The molecule has 0 bridgehead atoms. The first-order valence-electron chi connectivity index (χ1n) is 2.17. The molecule has 0 atom stereocenters. The van der Waals surface area contributed by atoms with Gasteiger partial charge in [0.25, 0.3) is 0 Å². The van der Waals surface area contributed by atoms with Crippen molar-refractivity contribution in [2.75, 3.05) is 0 Å². The van der Waals surface area contributed by atoms with Crippen LogP contribution < -0.4 is 59.1 Å². The number of carboxylic acid groups (broad SMARTS) is 2. The van der Waals surface area contributed by atoms with Gasteiger partial charge < -0.3 is 13.1 Å². The predicted molar refractivity (Wildman–Crippen MR) is 31.3 cm³/mol. The smallest absolute Gasteiger partial charge is 1.00 e. The quantitative estimate of drug-likeness (QED) is 0.333. The first-order chi connectivity index (χ1) is 4.04. The Hall–Kier alpha value is 0.680. The number of hydrogen-bond donors (Lipinski definition) is 2. The van der Waals surface area contributed by atoms with Crippen molar-refractivity contribution in [1.82, 2.24) is 0 Å². The molecule has 0 unspecified atom stereocenters. The van der Waals surface area contributed by atoms with E-state index in [4.69, 9.17) is 10.2 Å². The van der Waals surface area contributed by atoms with Crippen molar-refractivity contribution in [3.05, 3.63) is 12.2 Å². The van der Waals surface area contributed by atoms with Crippen LogP contribution >= 0.6 is 0 Å². The summed E-state index contributed by atoms with van der Waals surface area (Å²) < 4.78 is 0. The Bertz CT molecular complexity index is 174. The molecule has 0 radical (unpaired) electrons. The molecule has 0 aliphatic heterocycles. The maximum atomic E-state index is 9.87. The molecule has 0 amide bonds. The predicted octanol–water partition coefficient (Wildman–Crippen LogP) is -5.67. The Kier molecular flexibility index (Phi) is 14.1. The zero-order valence-electron chi connectivity index (χ0n) is 8.63. The molecule has 6 heteroatoms. The summed E-state index contributed by atoms with van der Waals surface area (Å²) in [6.45, 7) is 3.01. The van der Waals surface area contributed by atoms with Gasteiger partial charge in [0.05, 0.1) is 6.42 Å². The van der Waals surface area contributed by atoms with Crippen molar-refractivity contribution in [3.63, 3.8) is 0 Å². The maximum absolute atomic E-state index is 9.87. The average molecular weight is 178 g/mol. The van der Waals surface area contributed by atoms with E-state index in [1.54, 1.807) is 0 Å². The second kappa shape index (κ2) is 8.77. The second-order valence-electron chi connectivity index (χ2n) is 1.48. The van der Waals surface area contributed by atoms with Crippen molar-refractivity contribution in [2.24, 2.45) is 0 Å². The van der Waals surface area contributed by atoms with E-state index in [9.17, 15) is 9.59 Å². The Morgan fingerprint density at radius 3 is 1.73 bits per heavy atom. The Morgan fingerprint density at radius 2 is 1.64 bits per heavy atom. The van der Waals surface area contributed by atoms with E-state index in [1.807, 2.05) is 0 Å². The van der Waals surface area contributed by atoms with Crippen molar-refractivity contribution in [3.8, 4) is 0 Å². The molecule has 11 heavy (non-hydrogen) atoms. The summed E-state index contributed by atoms with van der Waals surface area (Å²) in [6.07, 6.45) is -0.505. The van der Waals surface area contributed by atoms with E-state index >= 15 is 0 Å². The van der Waals surface area contributed by atoms with Crippen molar-refractivity contribution >= 4 is 11.9 Å². The topological polar surface area (TPSA) is 74.6 Å². The van der Waals surface area contributed by atoms with Crippen LogP contribution in [0, 0.1) is 0 Å². The van der Waals surface area contributed by atoms with Gasteiger partial charge in [0.1, 0.15) is 0 Å². The minimum atomic E-state index is -1.27. The van der Waals surface area contributed by atoms with Gasteiger partial charge in [-0.15, -0.1) is 0 Å². The van der Waals surface area contributed by atoms with Crippen LogP contribution in [0.4, 0.5) is 0 Å². The molecule has 0 rings (SSSR count). The Balaban J connectivity index is -0.0000000533. The molecular weight excluding hydrogens is 170 g/mol. The van der Waals surface area contributed by atoms with E-state index in [0.717, 1.165) is 0 Å². The van der Waals surface area contributed by atoms with Crippen LogP contribution in [0.15, 0.2) is 12.2 Å². The van der Waals surface area contributed by atoms with Crippen molar-refractivity contribution in [1.29, 1.82) is 0 Å². The van der Waals surface area contributed by atoms with Crippen LogP contribution in [-0.2, 0) is 9.59 Å². The summed E-state index contributed by atoms with van der Waals surface area (Å²) in [5.74, 6) is -2.44. The number of aliphatic carboxylic acids is 2. The summed E-state index contributed by atoms with van der Waals surface area (Å²) in [5, 5.41) is 16.1. The normalized spacial score (nSPS) is 6.91. The third kappa shape index (κ3) is 10.7. The zero-order chi connectivity index (χ0) is 7.44. The fourth-order valence-electron chi connectivity index (χ4n) is 0.258. The second-order valence-corrected chi connectivity index (χ2v) is 1.48. The van der Waals surface area contributed by atoms with Gasteiger partial charge in [-0.1, -0.05) is 6.58 Å². The average Bonchev–Trinajstić information content (AvgIpc) is 1.63. The van der Waals surface area contributed by atoms with Gasteiger partial charge in [-0.25, -0.2) is 4.79 Å². The molecule has 0 aliphatic rings. The van der Waals surface area contributed by atoms with Gasteiger partial charge >= 0.3 is 71.1 Å². The first kappa shape index (κ1) is 17.7. The van der Waals surface area contributed by atoms with E-state index in [2.05, 4.69) is 6.58 Å². The number of carboxylic acids is 2. The number of rotatable bonds is 3. The molecule has 0 spiro atoms. The fraction of sp³-hybridized carbons (Fsp3) is 0.200. The van der Waals surface area contributed by atoms with Crippen LogP contribution in [0.1, 0.15) is 9.27 Å². The van der Waals surface area contributed by atoms with Crippen molar-refractivity contribution < 1.29 is 81.8 Å². The molecule has 2 N–H and O–H groups in total. The zero-order valence-corrected chi connectivity index (χ0v) is 10.6. The standard InChI is InChI=1S/C5H6O4.2Na.2H/c1-3(5(8)9)2-4(6)7;;;;/h1-2H2,(H,6,7)(H,8,9);;;;/q;2*+1;2*-1. The number of carbonyl (C=O) groups is 2. The minimum absolute atomic E-state index is 0. The molecule has 0 aromatic rings. The SMILES string of the molecule is C=C(CC(=O)O)C(=O)O.[H-].[H-].[Na+].[Na+]. The molecule has 4 nitrogen and oxygen atoms in total. The molecule has 0 aliphatic carbocycles. The van der Waals surface area contributed by atoms with Crippen LogP contribution in [0.25, 0.3) is 0 Å². The maximum Gasteiger partial charge on any atom is 1.00 e. The minimum Gasteiger partial charge on any atom is -1.00 e. The van der Waals surface area contributed by atoms with Gasteiger partial charge in [0.15, 0.2) is 0 Å². The summed E-state index contributed by atoms with van der Waals surface area (Å²) in [7, 11) is 0. The van der Waals surface area contributed by atoms with E-state index in [0.29, 0.717) is 0 Å². The van der Waals surface area contributed by atoms with Crippen LogP contribution in [0.2, 0.25) is 0 Å². The first-order valence-corrected chi connectivity index (χ1v) is 2.17. The number of hydrogen-bond acceptors (Lipinski definition) is 2. The molecular formula is C5H8Na2O4. The van der Waals surface area contributed by atoms with Crippen LogP contribution in [-0.4, -0.2) is 22.2 Å². The van der Waals surface area contributed by atoms with Crippen molar-refractivity contribution in [2.45, 2.75) is 6.42 Å². The van der Waals surface area contributed by atoms with Gasteiger partial charge in [-0.05, 0) is 0 Å². The third-order valence-corrected chi connectivity index (χ3v) is 0.667. The largest absolute Gasteiger partial charge is 1.00 e. The third-order valence-electron chi connectivity index (χ3n) is 0.667. The molecule has 0 fully saturated rings. The van der Waals surface area contributed by atoms with Crippen LogP contribution in [0.5, 0.6) is 0 Å². The van der Waals surface area contributed by atoms with E-state index in [1.165, 1.54) is 0 Å². The molecule has 0 saturated heterocycles.